The van der Waals surface area contributed by atoms with Crippen molar-refractivity contribution in [2.45, 2.75) is 64.9 Å². The van der Waals surface area contributed by atoms with Gasteiger partial charge in [0.1, 0.15) is 5.60 Å². The first-order valence-electron chi connectivity index (χ1n) is 9.34. The fourth-order valence-corrected chi connectivity index (χ4v) is 6.20. The van der Waals surface area contributed by atoms with Gasteiger partial charge in [0.05, 0.1) is 0 Å². The van der Waals surface area contributed by atoms with Crippen molar-refractivity contribution in [2.24, 2.45) is 29.1 Å². The third kappa shape index (κ3) is 2.78. The van der Waals surface area contributed by atoms with Crippen molar-refractivity contribution < 1.29 is 19.1 Å². The van der Waals surface area contributed by atoms with E-state index in [4.69, 9.17) is 9.47 Å². The summed E-state index contributed by atoms with van der Waals surface area (Å²) in [5.74, 6) is 1.02. The van der Waals surface area contributed by atoms with Crippen molar-refractivity contribution in [2.75, 3.05) is 6.61 Å². The summed E-state index contributed by atoms with van der Waals surface area (Å²) in [7, 11) is 0. The summed E-state index contributed by atoms with van der Waals surface area (Å²) in [5.41, 5.74) is 0.0536. The van der Waals surface area contributed by atoms with Crippen molar-refractivity contribution in [3.05, 3.63) is 12.7 Å². The van der Waals surface area contributed by atoms with Gasteiger partial charge in [-0.3, -0.25) is 0 Å². The number of carbonyl (C=O) groups is 2. The van der Waals surface area contributed by atoms with Crippen LogP contribution in [-0.4, -0.2) is 24.1 Å². The van der Waals surface area contributed by atoms with Crippen LogP contribution in [0.15, 0.2) is 12.7 Å². The van der Waals surface area contributed by atoms with Crippen LogP contribution in [0.3, 0.4) is 0 Å². The molecule has 0 N–H and O–H groups in total. The van der Waals surface area contributed by atoms with Crippen molar-refractivity contribution >= 4 is 11.9 Å². The van der Waals surface area contributed by atoms with Crippen LogP contribution in [0.2, 0.25) is 0 Å². The monoisotopic (exact) mass is 334 g/mol. The van der Waals surface area contributed by atoms with Gasteiger partial charge in [0.25, 0.3) is 0 Å². The second-order valence-corrected chi connectivity index (χ2v) is 8.60. The summed E-state index contributed by atoms with van der Waals surface area (Å²) in [4.78, 5) is 23.6. The summed E-state index contributed by atoms with van der Waals surface area (Å²) in [6.45, 7) is 9.83. The van der Waals surface area contributed by atoms with Gasteiger partial charge in [0, 0.05) is 17.9 Å². The van der Waals surface area contributed by atoms with E-state index in [1.807, 2.05) is 0 Å². The maximum absolute atomic E-state index is 12.4. The van der Waals surface area contributed by atoms with E-state index >= 15 is 0 Å². The fourth-order valence-electron chi connectivity index (χ4n) is 6.20. The number of carbonyl (C=O) groups excluding carboxylic acids is 2. The van der Waals surface area contributed by atoms with Gasteiger partial charge < -0.3 is 9.47 Å². The summed E-state index contributed by atoms with van der Waals surface area (Å²) >= 11 is 0. The van der Waals surface area contributed by atoms with E-state index in [0.717, 1.165) is 31.3 Å². The highest BCUT2D eigenvalue weighted by Gasteiger charge is 2.64. The average Bonchev–Trinajstić information content (AvgIpc) is 2.53. The Labute approximate surface area is 145 Å². The Bertz CT molecular complexity index is 522. The summed E-state index contributed by atoms with van der Waals surface area (Å²) in [6, 6.07) is 0. The molecule has 4 heteroatoms. The largest absolute Gasteiger partial charge is 0.456 e. The van der Waals surface area contributed by atoms with Gasteiger partial charge >= 0.3 is 11.9 Å². The third-order valence-corrected chi connectivity index (χ3v) is 6.94. The van der Waals surface area contributed by atoms with Crippen LogP contribution in [0.5, 0.6) is 0 Å². The van der Waals surface area contributed by atoms with Gasteiger partial charge in [-0.15, -0.1) is 0 Å². The van der Waals surface area contributed by atoms with E-state index in [0.29, 0.717) is 23.2 Å². The highest BCUT2D eigenvalue weighted by atomic mass is 16.6. The molecule has 0 aromatic heterocycles. The fraction of sp³-hybridized carbons (Fsp3) is 0.800. The molecule has 3 unspecified atom stereocenters. The summed E-state index contributed by atoms with van der Waals surface area (Å²) in [6.07, 6.45) is 8.07. The molecule has 134 valence electrons. The van der Waals surface area contributed by atoms with Crippen molar-refractivity contribution in [1.29, 1.82) is 0 Å². The molecule has 0 heterocycles. The van der Waals surface area contributed by atoms with Crippen LogP contribution in [0.25, 0.3) is 0 Å². The highest BCUT2D eigenvalue weighted by Crippen LogP contribution is 2.66. The van der Waals surface area contributed by atoms with Crippen LogP contribution in [0, 0.1) is 29.1 Å². The van der Waals surface area contributed by atoms with Crippen LogP contribution in [0.1, 0.15) is 59.3 Å². The molecule has 0 aliphatic heterocycles. The van der Waals surface area contributed by atoms with E-state index < -0.39 is 11.9 Å². The first-order chi connectivity index (χ1) is 11.3. The standard InChI is InChI=1S/C20H30O4/c1-5-13(3)20(24-18(22)12-23-17(21)6-2)15-7-14-8-16(20)11-19(4,9-14)10-15/h6,13-16H,2,5,7-12H2,1,3-4H3. The Balaban J connectivity index is 1.80. The van der Waals surface area contributed by atoms with E-state index in [1.165, 1.54) is 19.3 Å². The molecular weight excluding hydrogens is 304 g/mol. The second kappa shape index (κ2) is 6.20. The molecule has 0 spiro atoms. The minimum absolute atomic E-state index is 0.316. The SMILES string of the molecule is C=CC(=O)OCC(=O)OC1(C(C)CC)C2CC3CC1CC(C)(C3)C2. The molecule has 0 radical (unpaired) electrons. The minimum Gasteiger partial charge on any atom is -0.456 e. The van der Waals surface area contributed by atoms with Crippen molar-refractivity contribution in [3.8, 4) is 0 Å². The number of hydrogen-bond acceptors (Lipinski definition) is 4. The predicted octanol–water partition coefficient (Wildman–Crippen LogP) is 3.89. The molecule has 4 aliphatic rings. The lowest BCUT2D eigenvalue weighted by Crippen LogP contribution is -2.65. The molecule has 3 atom stereocenters. The molecule has 4 rings (SSSR count). The first-order valence-corrected chi connectivity index (χ1v) is 9.34. The molecule has 0 aromatic rings. The molecule has 0 aromatic carbocycles. The number of ether oxygens (including phenoxy) is 2. The van der Waals surface area contributed by atoms with Crippen molar-refractivity contribution in [3.63, 3.8) is 0 Å². The van der Waals surface area contributed by atoms with E-state index in [9.17, 15) is 9.59 Å². The molecular formula is C20H30O4. The average molecular weight is 334 g/mol. The Morgan fingerprint density at radius 2 is 1.88 bits per heavy atom. The van der Waals surface area contributed by atoms with E-state index in [1.54, 1.807) is 0 Å². The topological polar surface area (TPSA) is 52.6 Å². The van der Waals surface area contributed by atoms with Crippen LogP contribution >= 0.6 is 0 Å². The van der Waals surface area contributed by atoms with Gasteiger partial charge in [-0.05, 0) is 55.8 Å². The smallest absolute Gasteiger partial charge is 0.344 e. The second-order valence-electron chi connectivity index (χ2n) is 8.60. The number of esters is 2. The van der Waals surface area contributed by atoms with Gasteiger partial charge in [0.2, 0.25) is 0 Å². The van der Waals surface area contributed by atoms with E-state index in [-0.39, 0.29) is 12.2 Å². The molecule has 0 amide bonds. The normalized spacial score (nSPS) is 40.9. The molecule has 24 heavy (non-hydrogen) atoms. The van der Waals surface area contributed by atoms with E-state index in [2.05, 4.69) is 27.4 Å². The molecule has 4 fully saturated rings. The molecule has 4 bridgehead atoms. The van der Waals surface area contributed by atoms with Gasteiger partial charge in [0.15, 0.2) is 6.61 Å². The summed E-state index contributed by atoms with van der Waals surface area (Å²) in [5, 5.41) is 0. The molecule has 4 saturated carbocycles. The van der Waals surface area contributed by atoms with Gasteiger partial charge in [-0.25, -0.2) is 9.59 Å². The zero-order chi connectivity index (χ0) is 17.5. The van der Waals surface area contributed by atoms with Crippen molar-refractivity contribution in [1.82, 2.24) is 0 Å². The quantitative estimate of drug-likeness (QED) is 0.546. The zero-order valence-corrected chi connectivity index (χ0v) is 15.2. The lowest BCUT2D eigenvalue weighted by molar-refractivity contribution is -0.242. The first kappa shape index (κ1) is 17.5. The molecule has 4 aliphatic carbocycles. The Kier molecular flexibility index (Phi) is 4.52. The Morgan fingerprint density at radius 3 is 2.38 bits per heavy atom. The Morgan fingerprint density at radius 1 is 1.25 bits per heavy atom. The predicted molar refractivity (Wildman–Crippen MR) is 91.1 cm³/mol. The molecule has 0 saturated heterocycles. The van der Waals surface area contributed by atoms with Crippen LogP contribution < -0.4 is 0 Å². The summed E-state index contributed by atoms with van der Waals surface area (Å²) < 4.78 is 11.1. The minimum atomic E-state index is -0.581. The van der Waals surface area contributed by atoms with Gasteiger partial charge in [-0.1, -0.05) is 27.4 Å². The maximum atomic E-state index is 12.4. The molecule has 4 nitrogen and oxygen atoms in total. The van der Waals surface area contributed by atoms with Crippen LogP contribution in [-0.2, 0) is 19.1 Å². The maximum Gasteiger partial charge on any atom is 0.344 e. The lowest BCUT2D eigenvalue weighted by atomic mass is 9.43. The Hall–Kier alpha value is -1.32. The third-order valence-electron chi connectivity index (χ3n) is 6.94. The van der Waals surface area contributed by atoms with Crippen LogP contribution in [0.4, 0.5) is 0 Å². The highest BCUT2D eigenvalue weighted by molar-refractivity contribution is 5.83. The number of hydrogen-bond donors (Lipinski definition) is 0. The number of rotatable bonds is 6. The lowest BCUT2D eigenvalue weighted by Gasteiger charge is -2.65. The zero-order valence-electron chi connectivity index (χ0n) is 15.2. The van der Waals surface area contributed by atoms with Gasteiger partial charge in [-0.2, -0.15) is 0 Å².